The molecule has 39 heavy (non-hydrogen) atoms. The maximum Gasteiger partial charge on any atom is 0.435 e. The van der Waals surface area contributed by atoms with Crippen molar-refractivity contribution < 1.29 is 19.2 Å². The number of fused-ring (bicyclic) bond motifs is 5. The summed E-state index contributed by atoms with van der Waals surface area (Å²) in [6, 6.07) is -0.114. The molecule has 4 aliphatic carbocycles. The van der Waals surface area contributed by atoms with E-state index in [0.29, 0.717) is 42.4 Å². The number of allylic oxidation sites excluding steroid dienone is 1. The number of nitrogens with zero attached hydrogens (tertiary/aromatic N) is 3. The van der Waals surface area contributed by atoms with E-state index < -0.39 is 6.09 Å². The third-order valence-corrected chi connectivity index (χ3v) is 11.5. The molecule has 4 fully saturated rings. The minimum Gasteiger partial charge on any atom is -0.347 e. The Morgan fingerprint density at radius 3 is 2.54 bits per heavy atom. The second-order valence-electron chi connectivity index (χ2n) is 13.8. The Kier molecular flexibility index (Phi) is 7.72. The van der Waals surface area contributed by atoms with Crippen molar-refractivity contribution in [2.45, 2.75) is 97.1 Å². The summed E-state index contributed by atoms with van der Waals surface area (Å²) in [5.41, 5.74) is 2.71. The molecule has 216 valence electrons. The molecule has 5 rings (SSSR count). The molecule has 1 heterocycles. The van der Waals surface area contributed by atoms with Gasteiger partial charge in [0.25, 0.3) is 0 Å². The van der Waals surface area contributed by atoms with Gasteiger partial charge in [-0.2, -0.15) is 0 Å². The maximum atomic E-state index is 12.8. The Morgan fingerprint density at radius 2 is 1.79 bits per heavy atom. The second kappa shape index (κ2) is 10.6. The average Bonchev–Trinajstić information content (AvgIpc) is 3.50. The van der Waals surface area contributed by atoms with Crippen molar-refractivity contribution >= 4 is 23.5 Å². The van der Waals surface area contributed by atoms with Gasteiger partial charge in [0.05, 0.1) is 11.8 Å². The van der Waals surface area contributed by atoms with Crippen LogP contribution in [0.1, 0.15) is 85.0 Å². The van der Waals surface area contributed by atoms with Crippen LogP contribution in [0.25, 0.3) is 0 Å². The van der Waals surface area contributed by atoms with Crippen molar-refractivity contribution in [3.63, 3.8) is 0 Å². The lowest BCUT2D eigenvalue weighted by molar-refractivity contribution is -0.130. The highest BCUT2D eigenvalue weighted by Gasteiger charge is 2.59. The first-order chi connectivity index (χ1) is 18.4. The molecule has 2 amide bonds. The monoisotopic (exact) mass is 540 g/mol. The Bertz CT molecular complexity index is 1070. The number of hydrogen-bond donors (Lipinski definition) is 1. The topological polar surface area (TPSA) is 91.3 Å². The molecule has 5 aliphatic rings. The molecule has 0 aromatic heterocycles. The summed E-state index contributed by atoms with van der Waals surface area (Å²) in [5.74, 6) is 2.75. The number of ketones is 1. The van der Waals surface area contributed by atoms with Gasteiger partial charge in [-0.1, -0.05) is 24.6 Å². The highest BCUT2D eigenvalue weighted by atomic mass is 16.7. The van der Waals surface area contributed by atoms with Crippen molar-refractivity contribution in [3.05, 3.63) is 11.6 Å². The number of hydrogen-bond acceptors (Lipinski definition) is 6. The lowest BCUT2D eigenvalue weighted by atomic mass is 9.46. The van der Waals surface area contributed by atoms with Crippen molar-refractivity contribution in [2.75, 3.05) is 27.7 Å². The van der Waals surface area contributed by atoms with Crippen molar-refractivity contribution in [1.82, 2.24) is 15.1 Å². The van der Waals surface area contributed by atoms with Gasteiger partial charge in [0, 0.05) is 46.1 Å². The van der Waals surface area contributed by atoms with Gasteiger partial charge >= 0.3 is 6.09 Å². The van der Waals surface area contributed by atoms with Crippen LogP contribution in [0.4, 0.5) is 4.79 Å². The van der Waals surface area contributed by atoms with Crippen LogP contribution in [-0.2, 0) is 14.4 Å². The fourth-order valence-corrected chi connectivity index (χ4v) is 9.36. The van der Waals surface area contributed by atoms with Crippen LogP contribution in [0, 0.1) is 34.5 Å². The summed E-state index contributed by atoms with van der Waals surface area (Å²) < 4.78 is 0. The van der Waals surface area contributed by atoms with Crippen molar-refractivity contribution in [3.8, 4) is 0 Å². The molecule has 8 heteroatoms. The van der Waals surface area contributed by atoms with Crippen LogP contribution in [0.2, 0.25) is 0 Å². The van der Waals surface area contributed by atoms with Crippen LogP contribution < -0.4 is 5.32 Å². The van der Waals surface area contributed by atoms with Crippen molar-refractivity contribution in [1.29, 1.82) is 0 Å². The van der Waals surface area contributed by atoms with Gasteiger partial charge in [0.2, 0.25) is 5.91 Å². The fraction of sp³-hybridized carbons (Fsp3) is 0.806. The molecule has 0 aromatic rings. The van der Waals surface area contributed by atoms with Crippen LogP contribution >= 0.6 is 0 Å². The minimum atomic E-state index is -0.451. The Hall–Kier alpha value is -2.22. The fourth-order valence-electron chi connectivity index (χ4n) is 9.36. The minimum absolute atomic E-state index is 0.0706. The standard InChI is InChI=1S/C31H48N4O4/c1-19(33-39-29(38)35(6)18-21-8-12-27(32-21)28(37)34(4)5)24-10-11-25-23-9-7-20-17-22(36)13-15-30(20,2)26(23)14-16-31(24,25)3/h17,21,23-27,32H,7-16,18H2,1-6H3/b33-19+/t21?,23-,24+,25-,26-,27?,30-,31+/m0/s1. The summed E-state index contributed by atoms with van der Waals surface area (Å²) in [5, 5.41) is 7.75. The molecule has 0 bridgehead atoms. The number of likely N-dealkylation sites (N-methyl/N-ethyl adjacent to an activating group) is 2. The van der Waals surface area contributed by atoms with Crippen LogP contribution in [0.15, 0.2) is 16.8 Å². The first kappa shape index (κ1) is 28.3. The quantitative estimate of drug-likeness (QED) is 0.308. The predicted octanol–water partition coefficient (Wildman–Crippen LogP) is 4.79. The molecular weight excluding hydrogens is 492 g/mol. The van der Waals surface area contributed by atoms with Gasteiger partial charge in [-0.3, -0.25) is 14.4 Å². The number of nitrogens with one attached hydrogen (secondary N) is 1. The number of amides is 2. The lowest BCUT2D eigenvalue weighted by Gasteiger charge is -2.58. The number of carbonyl (C=O) groups is 3. The summed E-state index contributed by atoms with van der Waals surface area (Å²) in [6.45, 7) is 7.40. The van der Waals surface area contributed by atoms with E-state index in [1.54, 1.807) is 30.9 Å². The Labute approximate surface area is 233 Å². The van der Waals surface area contributed by atoms with E-state index in [1.807, 2.05) is 13.0 Å². The first-order valence-corrected chi connectivity index (χ1v) is 15.1. The van der Waals surface area contributed by atoms with E-state index >= 15 is 0 Å². The van der Waals surface area contributed by atoms with E-state index in [9.17, 15) is 14.4 Å². The highest BCUT2D eigenvalue weighted by molar-refractivity contribution is 5.91. The number of oxime groups is 1. The van der Waals surface area contributed by atoms with Gasteiger partial charge < -0.3 is 15.1 Å². The van der Waals surface area contributed by atoms with E-state index in [-0.39, 0.29) is 28.8 Å². The van der Waals surface area contributed by atoms with Gasteiger partial charge in [0.1, 0.15) is 0 Å². The summed E-state index contributed by atoms with van der Waals surface area (Å²) in [4.78, 5) is 45.8. The van der Waals surface area contributed by atoms with E-state index in [0.717, 1.165) is 37.8 Å². The summed E-state index contributed by atoms with van der Waals surface area (Å²) >= 11 is 0. The molecule has 3 saturated carbocycles. The average molecular weight is 541 g/mol. The van der Waals surface area contributed by atoms with Gasteiger partial charge in [-0.15, -0.1) is 0 Å². The summed E-state index contributed by atoms with van der Waals surface area (Å²) in [7, 11) is 5.26. The van der Waals surface area contributed by atoms with Crippen molar-refractivity contribution in [2.24, 2.45) is 39.7 Å². The summed E-state index contributed by atoms with van der Waals surface area (Å²) in [6.07, 6.45) is 11.8. The third-order valence-electron chi connectivity index (χ3n) is 11.5. The molecule has 8 nitrogen and oxygen atoms in total. The second-order valence-corrected chi connectivity index (χ2v) is 13.8. The van der Waals surface area contributed by atoms with Gasteiger partial charge in [-0.25, -0.2) is 4.79 Å². The zero-order chi connectivity index (χ0) is 28.1. The van der Waals surface area contributed by atoms with E-state index in [4.69, 9.17) is 4.84 Å². The van der Waals surface area contributed by atoms with Gasteiger partial charge in [0.15, 0.2) is 5.78 Å². The Morgan fingerprint density at radius 1 is 1.03 bits per heavy atom. The molecule has 8 atom stereocenters. The smallest absolute Gasteiger partial charge is 0.347 e. The predicted molar refractivity (Wildman–Crippen MR) is 151 cm³/mol. The largest absolute Gasteiger partial charge is 0.435 e. The van der Waals surface area contributed by atoms with Crippen LogP contribution in [0.3, 0.4) is 0 Å². The normalized spacial score (nSPS) is 39.8. The first-order valence-electron chi connectivity index (χ1n) is 15.1. The molecule has 2 unspecified atom stereocenters. The molecular formula is C31H48N4O4. The zero-order valence-electron chi connectivity index (χ0n) is 24.8. The highest BCUT2D eigenvalue weighted by Crippen LogP contribution is 2.66. The van der Waals surface area contributed by atoms with Crippen LogP contribution in [-0.4, -0.2) is 73.1 Å². The molecule has 0 radical (unpaired) electrons. The third kappa shape index (κ3) is 5.07. The molecule has 1 saturated heterocycles. The molecule has 0 aromatic carbocycles. The molecule has 0 spiro atoms. The lowest BCUT2D eigenvalue weighted by Crippen LogP contribution is -2.51. The molecule has 1 aliphatic heterocycles. The molecule has 1 N–H and O–H groups in total. The Balaban J connectivity index is 1.18. The van der Waals surface area contributed by atoms with E-state index in [1.165, 1.54) is 31.3 Å². The number of carbonyl (C=O) groups excluding carboxylic acids is 3. The zero-order valence-corrected chi connectivity index (χ0v) is 24.8. The van der Waals surface area contributed by atoms with E-state index in [2.05, 4.69) is 24.3 Å². The van der Waals surface area contributed by atoms with Gasteiger partial charge in [-0.05, 0) is 99.4 Å². The maximum absolute atomic E-state index is 12.8. The number of rotatable bonds is 5. The SMILES string of the molecule is C/C(=N\OC(=O)N(C)CC1CCC(C(=O)N(C)C)N1)[C@H]1CC[C@H]2[C@@H]3CCC4=CC(=O)CC[C@]4(C)[C@H]3CC[C@]12C. The van der Waals surface area contributed by atoms with Crippen LogP contribution in [0.5, 0.6) is 0 Å².